The third-order valence-electron chi connectivity index (χ3n) is 5.91. The molecule has 0 atom stereocenters. The van der Waals surface area contributed by atoms with Gasteiger partial charge in [-0.3, -0.25) is 4.79 Å². The number of ether oxygens (including phenoxy) is 1. The molecule has 0 spiro atoms. The van der Waals surface area contributed by atoms with E-state index in [-0.39, 0.29) is 5.91 Å². The third kappa shape index (κ3) is 6.50. The van der Waals surface area contributed by atoms with E-state index < -0.39 is 0 Å². The van der Waals surface area contributed by atoms with E-state index in [4.69, 9.17) is 15.5 Å². The largest absolute Gasteiger partial charge is 0.497 e. The molecular formula is C29H32N4O2S. The summed E-state index contributed by atoms with van der Waals surface area (Å²) in [6, 6.07) is 23.7. The van der Waals surface area contributed by atoms with Crippen molar-refractivity contribution in [2.24, 2.45) is 5.73 Å². The number of methoxy groups -OCH3 is 1. The first-order valence-electron chi connectivity index (χ1n) is 12.1. The first-order valence-corrected chi connectivity index (χ1v) is 13.0. The first kappa shape index (κ1) is 25.4. The maximum atomic E-state index is 12.6. The summed E-state index contributed by atoms with van der Waals surface area (Å²) < 4.78 is 5.26. The molecule has 0 aliphatic heterocycles. The Bertz CT molecular complexity index is 1270. The molecule has 186 valence electrons. The lowest BCUT2D eigenvalue weighted by atomic mass is 10.1. The Morgan fingerprint density at radius 1 is 1.03 bits per heavy atom. The van der Waals surface area contributed by atoms with Crippen molar-refractivity contribution in [3.05, 3.63) is 100 Å². The minimum absolute atomic E-state index is 0.0887. The number of nitrogens with two attached hydrogens (primary N) is 1. The zero-order chi connectivity index (χ0) is 25.3. The van der Waals surface area contributed by atoms with Crippen molar-refractivity contribution in [1.82, 2.24) is 10.3 Å². The predicted molar refractivity (Wildman–Crippen MR) is 147 cm³/mol. The second-order valence-electron chi connectivity index (χ2n) is 8.57. The SMILES string of the molecule is CCCN(Cc1ccc(C(=O)NCc2cccc(CN)c2)cc1)c1nc(-c2ccc(OC)cc2)cs1. The number of anilines is 1. The molecule has 1 heterocycles. The lowest BCUT2D eigenvalue weighted by Gasteiger charge is -2.21. The lowest BCUT2D eigenvalue weighted by Crippen LogP contribution is -2.24. The van der Waals surface area contributed by atoms with Crippen molar-refractivity contribution in [2.45, 2.75) is 33.0 Å². The van der Waals surface area contributed by atoms with Gasteiger partial charge < -0.3 is 20.7 Å². The highest BCUT2D eigenvalue weighted by Crippen LogP contribution is 2.29. The van der Waals surface area contributed by atoms with Crippen LogP contribution in [0.4, 0.5) is 5.13 Å². The lowest BCUT2D eigenvalue weighted by molar-refractivity contribution is 0.0951. The van der Waals surface area contributed by atoms with Gasteiger partial charge in [0.15, 0.2) is 5.13 Å². The summed E-state index contributed by atoms with van der Waals surface area (Å²) in [5, 5.41) is 6.08. The third-order valence-corrected chi connectivity index (χ3v) is 6.81. The molecule has 1 aromatic heterocycles. The normalized spacial score (nSPS) is 10.8. The zero-order valence-corrected chi connectivity index (χ0v) is 21.6. The van der Waals surface area contributed by atoms with Crippen LogP contribution in [0.15, 0.2) is 78.2 Å². The maximum Gasteiger partial charge on any atom is 0.251 e. The van der Waals surface area contributed by atoms with E-state index in [0.29, 0.717) is 18.7 Å². The number of carbonyl (C=O) groups is 1. The van der Waals surface area contributed by atoms with Gasteiger partial charge in [0.05, 0.1) is 12.8 Å². The molecule has 36 heavy (non-hydrogen) atoms. The number of aromatic nitrogens is 1. The maximum absolute atomic E-state index is 12.6. The van der Waals surface area contributed by atoms with Crippen LogP contribution in [-0.4, -0.2) is 24.5 Å². The fourth-order valence-electron chi connectivity index (χ4n) is 3.95. The number of nitrogens with zero attached hydrogens (tertiary/aromatic N) is 2. The molecular weight excluding hydrogens is 468 g/mol. The summed E-state index contributed by atoms with van der Waals surface area (Å²) in [5.74, 6) is 0.744. The summed E-state index contributed by atoms with van der Waals surface area (Å²) in [6.45, 7) is 4.76. The van der Waals surface area contributed by atoms with Crippen molar-refractivity contribution in [1.29, 1.82) is 0 Å². The van der Waals surface area contributed by atoms with E-state index in [9.17, 15) is 4.79 Å². The fourth-order valence-corrected chi connectivity index (χ4v) is 4.81. The van der Waals surface area contributed by atoms with Gasteiger partial charge in [-0.15, -0.1) is 11.3 Å². The zero-order valence-electron chi connectivity index (χ0n) is 20.7. The molecule has 1 amide bonds. The molecule has 4 rings (SSSR count). The molecule has 0 saturated carbocycles. The average molecular weight is 501 g/mol. The van der Waals surface area contributed by atoms with Crippen molar-refractivity contribution < 1.29 is 9.53 Å². The highest BCUT2D eigenvalue weighted by atomic mass is 32.1. The first-order chi connectivity index (χ1) is 17.6. The Balaban J connectivity index is 1.39. The predicted octanol–water partition coefficient (Wildman–Crippen LogP) is 5.62. The number of hydrogen-bond acceptors (Lipinski definition) is 6. The Labute approximate surface area is 216 Å². The second kappa shape index (κ2) is 12.3. The van der Waals surface area contributed by atoms with Crippen molar-refractivity contribution in [3.8, 4) is 17.0 Å². The summed E-state index contributed by atoms with van der Waals surface area (Å²) >= 11 is 1.65. The molecule has 0 aliphatic rings. The Kier molecular flexibility index (Phi) is 8.71. The number of carbonyl (C=O) groups excluding carboxylic acids is 1. The quantitative estimate of drug-likeness (QED) is 0.279. The van der Waals surface area contributed by atoms with Crippen molar-refractivity contribution in [3.63, 3.8) is 0 Å². The molecule has 6 nitrogen and oxygen atoms in total. The summed E-state index contributed by atoms with van der Waals surface area (Å²) in [5.41, 5.74) is 11.6. The van der Waals surface area contributed by atoms with Crippen LogP contribution in [0.3, 0.4) is 0 Å². The van der Waals surface area contributed by atoms with E-state index >= 15 is 0 Å². The number of amides is 1. The minimum Gasteiger partial charge on any atom is -0.497 e. The van der Waals surface area contributed by atoms with Gasteiger partial charge in [0, 0.05) is 42.7 Å². The van der Waals surface area contributed by atoms with Crippen LogP contribution in [0.25, 0.3) is 11.3 Å². The topological polar surface area (TPSA) is 80.5 Å². The van der Waals surface area contributed by atoms with Gasteiger partial charge in [-0.1, -0.05) is 43.3 Å². The van der Waals surface area contributed by atoms with E-state index in [1.807, 2.05) is 72.8 Å². The van der Waals surface area contributed by atoms with Gasteiger partial charge in [-0.2, -0.15) is 0 Å². The number of rotatable bonds is 11. The summed E-state index contributed by atoms with van der Waals surface area (Å²) in [6.07, 6.45) is 1.02. The van der Waals surface area contributed by atoms with E-state index in [2.05, 4.69) is 22.5 Å². The molecule has 0 aliphatic carbocycles. The van der Waals surface area contributed by atoms with Crippen LogP contribution in [0.2, 0.25) is 0 Å². The van der Waals surface area contributed by atoms with E-state index in [1.165, 1.54) is 0 Å². The highest BCUT2D eigenvalue weighted by Gasteiger charge is 2.13. The molecule has 7 heteroatoms. The second-order valence-corrected chi connectivity index (χ2v) is 9.41. The Hall–Kier alpha value is -3.68. The van der Waals surface area contributed by atoms with Gasteiger partial charge in [-0.25, -0.2) is 4.98 Å². The van der Waals surface area contributed by atoms with E-state index in [1.54, 1.807) is 18.4 Å². The number of benzene rings is 3. The fraction of sp³-hybridized carbons (Fsp3) is 0.241. The van der Waals surface area contributed by atoms with Crippen LogP contribution < -0.4 is 20.7 Å². The Morgan fingerprint density at radius 3 is 2.47 bits per heavy atom. The number of nitrogens with one attached hydrogen (secondary N) is 1. The molecule has 0 unspecified atom stereocenters. The van der Waals surface area contributed by atoms with Crippen LogP contribution >= 0.6 is 11.3 Å². The summed E-state index contributed by atoms with van der Waals surface area (Å²) in [7, 11) is 1.67. The molecule has 3 N–H and O–H groups in total. The van der Waals surface area contributed by atoms with Crippen LogP contribution in [0.5, 0.6) is 5.75 Å². The molecule has 0 bridgehead atoms. The van der Waals surface area contributed by atoms with Gasteiger partial charge in [-0.05, 0) is 59.5 Å². The highest BCUT2D eigenvalue weighted by molar-refractivity contribution is 7.14. The molecule has 0 fully saturated rings. The number of thiazole rings is 1. The standard InChI is InChI=1S/C29H32N4O2S/c1-3-15-33(29-32-27(20-36-29)24-11-13-26(35-2)14-12-24)19-21-7-9-25(10-8-21)28(34)31-18-23-6-4-5-22(16-23)17-30/h4-14,16,20H,3,15,17-19,30H2,1-2H3,(H,31,34). The smallest absolute Gasteiger partial charge is 0.251 e. The minimum atomic E-state index is -0.0887. The van der Waals surface area contributed by atoms with E-state index in [0.717, 1.165) is 58.3 Å². The summed E-state index contributed by atoms with van der Waals surface area (Å²) in [4.78, 5) is 19.8. The van der Waals surface area contributed by atoms with Gasteiger partial charge in [0.2, 0.25) is 0 Å². The van der Waals surface area contributed by atoms with Gasteiger partial charge in [0.1, 0.15) is 5.75 Å². The van der Waals surface area contributed by atoms with Gasteiger partial charge >= 0.3 is 0 Å². The molecule has 3 aromatic carbocycles. The molecule has 4 aromatic rings. The van der Waals surface area contributed by atoms with Crippen LogP contribution in [-0.2, 0) is 19.6 Å². The van der Waals surface area contributed by atoms with Crippen LogP contribution in [0, 0.1) is 0 Å². The molecule has 0 saturated heterocycles. The van der Waals surface area contributed by atoms with Crippen molar-refractivity contribution >= 4 is 22.4 Å². The molecule has 0 radical (unpaired) electrons. The monoisotopic (exact) mass is 500 g/mol. The average Bonchev–Trinajstić information content (AvgIpc) is 3.42. The Morgan fingerprint density at radius 2 is 1.78 bits per heavy atom. The number of hydrogen-bond donors (Lipinski definition) is 2. The van der Waals surface area contributed by atoms with Crippen LogP contribution in [0.1, 0.15) is 40.4 Å². The van der Waals surface area contributed by atoms with Crippen molar-refractivity contribution in [2.75, 3.05) is 18.6 Å². The van der Waals surface area contributed by atoms with Gasteiger partial charge in [0.25, 0.3) is 5.91 Å².